The molecule has 9 heteroatoms. The second-order valence-corrected chi connectivity index (χ2v) is 5.49. The Bertz CT molecular complexity index is 814. The van der Waals surface area contributed by atoms with Gasteiger partial charge in [0, 0.05) is 12.4 Å². The molecule has 0 atom stereocenters. The number of hydrogen-bond acceptors (Lipinski definition) is 4. The summed E-state index contributed by atoms with van der Waals surface area (Å²) in [5.41, 5.74) is 0.144. The van der Waals surface area contributed by atoms with Crippen molar-refractivity contribution in [3.8, 4) is 5.69 Å². The van der Waals surface area contributed by atoms with Gasteiger partial charge in [0.1, 0.15) is 0 Å². The standard InChI is InChI=1S/C14H9BrF3N5/c15-10-5-19-13(20-6-10)22-11-7-21-23(8-11)12-3-1-2-9(4-12)14(16,17)18/h1-8H,(H,19,20,22). The number of alkyl halides is 3. The minimum absolute atomic E-state index is 0.310. The van der Waals surface area contributed by atoms with Crippen LogP contribution in [0.2, 0.25) is 0 Å². The van der Waals surface area contributed by atoms with Crippen LogP contribution in [0, 0.1) is 0 Å². The lowest BCUT2D eigenvalue weighted by atomic mass is 10.2. The number of benzene rings is 1. The van der Waals surface area contributed by atoms with Gasteiger partial charge in [-0.25, -0.2) is 14.6 Å². The van der Waals surface area contributed by atoms with E-state index in [0.717, 1.165) is 16.6 Å². The summed E-state index contributed by atoms with van der Waals surface area (Å²) in [6, 6.07) is 4.93. The van der Waals surface area contributed by atoms with Gasteiger partial charge in [-0.1, -0.05) is 6.07 Å². The minimum atomic E-state index is -4.39. The number of nitrogens with zero attached hydrogens (tertiary/aromatic N) is 4. The quantitative estimate of drug-likeness (QED) is 0.736. The summed E-state index contributed by atoms with van der Waals surface area (Å²) in [4.78, 5) is 8.09. The highest BCUT2D eigenvalue weighted by molar-refractivity contribution is 9.10. The third kappa shape index (κ3) is 3.67. The fraction of sp³-hybridized carbons (Fsp3) is 0.0714. The molecule has 0 aliphatic rings. The minimum Gasteiger partial charge on any atom is -0.321 e. The number of rotatable bonds is 3. The monoisotopic (exact) mass is 383 g/mol. The molecule has 0 aliphatic heterocycles. The van der Waals surface area contributed by atoms with Crippen LogP contribution in [-0.2, 0) is 6.18 Å². The topological polar surface area (TPSA) is 55.6 Å². The molecule has 2 heterocycles. The van der Waals surface area contributed by atoms with E-state index in [-0.39, 0.29) is 0 Å². The van der Waals surface area contributed by atoms with Gasteiger partial charge in [-0.05, 0) is 34.1 Å². The Morgan fingerprint density at radius 3 is 2.52 bits per heavy atom. The first-order valence-electron chi connectivity index (χ1n) is 6.39. The molecule has 0 radical (unpaired) electrons. The van der Waals surface area contributed by atoms with E-state index >= 15 is 0 Å². The lowest BCUT2D eigenvalue weighted by Gasteiger charge is -2.08. The average molecular weight is 384 g/mol. The van der Waals surface area contributed by atoms with E-state index in [2.05, 4.69) is 36.3 Å². The second-order valence-electron chi connectivity index (χ2n) is 4.57. The van der Waals surface area contributed by atoms with Crippen molar-refractivity contribution >= 4 is 27.6 Å². The molecular formula is C14H9BrF3N5. The Labute approximate surface area is 137 Å². The van der Waals surface area contributed by atoms with Crippen molar-refractivity contribution in [2.75, 3.05) is 5.32 Å². The summed E-state index contributed by atoms with van der Waals surface area (Å²) in [6.07, 6.45) is 1.79. The van der Waals surface area contributed by atoms with E-state index in [4.69, 9.17) is 0 Å². The first-order chi connectivity index (χ1) is 10.9. The average Bonchev–Trinajstić information content (AvgIpc) is 2.97. The zero-order valence-electron chi connectivity index (χ0n) is 11.4. The Morgan fingerprint density at radius 2 is 1.83 bits per heavy atom. The number of aromatic nitrogens is 4. The number of anilines is 2. The molecular weight excluding hydrogens is 375 g/mol. The number of hydrogen-bond donors (Lipinski definition) is 1. The third-order valence-electron chi connectivity index (χ3n) is 2.90. The largest absolute Gasteiger partial charge is 0.416 e. The first-order valence-corrected chi connectivity index (χ1v) is 7.18. The maximum atomic E-state index is 12.7. The SMILES string of the molecule is FC(F)(F)c1cccc(-n2cc(Nc3ncc(Br)cn3)cn2)c1. The van der Waals surface area contributed by atoms with Gasteiger partial charge in [0.15, 0.2) is 0 Å². The van der Waals surface area contributed by atoms with Gasteiger partial charge in [-0.2, -0.15) is 18.3 Å². The molecule has 23 heavy (non-hydrogen) atoms. The maximum Gasteiger partial charge on any atom is 0.416 e. The molecule has 0 bridgehead atoms. The molecule has 0 saturated carbocycles. The molecule has 0 aliphatic carbocycles. The molecule has 1 N–H and O–H groups in total. The van der Waals surface area contributed by atoms with Gasteiger partial charge >= 0.3 is 6.18 Å². The predicted molar refractivity (Wildman–Crippen MR) is 81.6 cm³/mol. The maximum absolute atomic E-state index is 12.7. The van der Waals surface area contributed by atoms with Crippen molar-refractivity contribution < 1.29 is 13.2 Å². The normalized spacial score (nSPS) is 11.5. The molecule has 0 fully saturated rings. The van der Waals surface area contributed by atoms with Gasteiger partial charge in [-0.15, -0.1) is 0 Å². The number of nitrogens with one attached hydrogen (secondary N) is 1. The molecule has 1 aromatic carbocycles. The molecule has 118 valence electrons. The Hall–Kier alpha value is -2.42. The fourth-order valence-electron chi connectivity index (χ4n) is 1.86. The van der Waals surface area contributed by atoms with Gasteiger partial charge in [-0.3, -0.25) is 0 Å². The molecule has 0 unspecified atom stereocenters. The van der Waals surface area contributed by atoms with Crippen molar-refractivity contribution in [2.24, 2.45) is 0 Å². The highest BCUT2D eigenvalue weighted by Crippen LogP contribution is 2.30. The molecule has 3 aromatic rings. The first kappa shape index (κ1) is 15.5. The van der Waals surface area contributed by atoms with Gasteiger partial charge in [0.25, 0.3) is 0 Å². The van der Waals surface area contributed by atoms with Crippen molar-refractivity contribution in [2.45, 2.75) is 6.18 Å². The highest BCUT2D eigenvalue weighted by atomic mass is 79.9. The summed E-state index contributed by atoms with van der Waals surface area (Å²) in [6.45, 7) is 0. The van der Waals surface area contributed by atoms with Crippen LogP contribution in [0.15, 0.2) is 53.5 Å². The van der Waals surface area contributed by atoms with Crippen LogP contribution < -0.4 is 5.32 Å². The summed E-state index contributed by atoms with van der Waals surface area (Å²) < 4.78 is 40.3. The Morgan fingerprint density at radius 1 is 1.09 bits per heavy atom. The zero-order valence-corrected chi connectivity index (χ0v) is 13.0. The Kier molecular flexibility index (Phi) is 4.03. The van der Waals surface area contributed by atoms with E-state index in [1.54, 1.807) is 24.7 Å². The van der Waals surface area contributed by atoms with Crippen molar-refractivity contribution in [1.29, 1.82) is 0 Å². The fourth-order valence-corrected chi connectivity index (χ4v) is 2.06. The molecule has 2 aromatic heterocycles. The lowest BCUT2D eigenvalue weighted by Crippen LogP contribution is -2.06. The van der Waals surface area contributed by atoms with Crippen LogP contribution in [0.4, 0.5) is 24.8 Å². The van der Waals surface area contributed by atoms with Crippen molar-refractivity contribution in [3.63, 3.8) is 0 Å². The van der Waals surface area contributed by atoms with Gasteiger partial charge in [0.05, 0.1) is 33.8 Å². The van der Waals surface area contributed by atoms with E-state index in [0.29, 0.717) is 17.3 Å². The molecule has 0 amide bonds. The van der Waals surface area contributed by atoms with Crippen LogP contribution in [-0.4, -0.2) is 19.7 Å². The van der Waals surface area contributed by atoms with Crippen molar-refractivity contribution in [3.05, 3.63) is 59.1 Å². The zero-order chi connectivity index (χ0) is 16.4. The van der Waals surface area contributed by atoms with Crippen LogP contribution >= 0.6 is 15.9 Å². The highest BCUT2D eigenvalue weighted by Gasteiger charge is 2.30. The Balaban J connectivity index is 1.83. The second kappa shape index (κ2) is 5.99. The molecule has 5 nitrogen and oxygen atoms in total. The van der Waals surface area contributed by atoms with E-state index in [1.165, 1.54) is 16.9 Å². The lowest BCUT2D eigenvalue weighted by molar-refractivity contribution is -0.137. The van der Waals surface area contributed by atoms with Crippen molar-refractivity contribution in [1.82, 2.24) is 19.7 Å². The van der Waals surface area contributed by atoms with Crippen LogP contribution in [0.5, 0.6) is 0 Å². The van der Waals surface area contributed by atoms with Crippen LogP contribution in [0.3, 0.4) is 0 Å². The van der Waals surface area contributed by atoms with Gasteiger partial charge < -0.3 is 5.32 Å². The van der Waals surface area contributed by atoms with Crippen LogP contribution in [0.1, 0.15) is 5.56 Å². The summed E-state index contributed by atoms with van der Waals surface area (Å²) in [7, 11) is 0. The van der Waals surface area contributed by atoms with Crippen LogP contribution in [0.25, 0.3) is 5.69 Å². The molecule has 3 rings (SSSR count). The summed E-state index contributed by atoms with van der Waals surface area (Å²) >= 11 is 3.23. The van der Waals surface area contributed by atoms with E-state index < -0.39 is 11.7 Å². The summed E-state index contributed by atoms with van der Waals surface area (Å²) in [5, 5.41) is 6.96. The smallest absolute Gasteiger partial charge is 0.321 e. The van der Waals surface area contributed by atoms with E-state index in [1.807, 2.05) is 0 Å². The summed E-state index contributed by atoms with van der Waals surface area (Å²) in [5.74, 6) is 0.358. The van der Waals surface area contributed by atoms with E-state index in [9.17, 15) is 13.2 Å². The molecule has 0 saturated heterocycles. The predicted octanol–water partition coefficient (Wildman–Crippen LogP) is 4.19. The molecule has 0 spiro atoms. The number of halogens is 4. The van der Waals surface area contributed by atoms with Gasteiger partial charge in [0.2, 0.25) is 5.95 Å². The third-order valence-corrected chi connectivity index (χ3v) is 3.31.